The number of hydrogen-bond acceptors (Lipinski definition) is 4. The van der Waals surface area contributed by atoms with Gasteiger partial charge in [0, 0.05) is 32.3 Å². The second-order valence-electron chi connectivity index (χ2n) is 4.02. The van der Waals surface area contributed by atoms with Crippen molar-refractivity contribution in [3.8, 4) is 0 Å². The minimum absolute atomic E-state index is 0.0943. The zero-order valence-electron chi connectivity index (χ0n) is 11.6. The molecule has 0 fully saturated rings. The molecule has 1 aromatic heterocycles. The smallest absolute Gasteiger partial charge is 0.253 e. The molecule has 106 valence electrons. The fourth-order valence-corrected chi connectivity index (χ4v) is 1.77. The topological polar surface area (TPSA) is 54.5 Å². The predicted molar refractivity (Wildman–Crippen MR) is 76.9 cm³/mol. The quantitative estimate of drug-likeness (QED) is 0.617. The highest BCUT2D eigenvalue weighted by Gasteiger charge is 2.13. The molecule has 0 aromatic carbocycles. The van der Waals surface area contributed by atoms with Crippen molar-refractivity contribution in [1.29, 1.82) is 0 Å². The molecule has 1 heterocycles. The molecule has 0 aliphatic rings. The molecule has 0 radical (unpaired) electrons. The number of hydrogen-bond donors (Lipinski definition) is 1. The largest absolute Gasteiger partial charge is 0.380 e. The first-order valence-electron chi connectivity index (χ1n) is 6.33. The van der Waals surface area contributed by atoms with Gasteiger partial charge in [-0.1, -0.05) is 11.6 Å². The minimum atomic E-state index is -0.0943. The third kappa shape index (κ3) is 5.04. The van der Waals surface area contributed by atoms with Crippen molar-refractivity contribution < 1.29 is 9.53 Å². The van der Waals surface area contributed by atoms with Gasteiger partial charge < -0.3 is 15.0 Å². The van der Waals surface area contributed by atoms with E-state index in [0.29, 0.717) is 36.3 Å². The molecule has 0 aliphatic carbocycles. The Bertz CT molecular complexity index is 426. The summed E-state index contributed by atoms with van der Waals surface area (Å²) < 4.78 is 5.23. The van der Waals surface area contributed by atoms with Crippen LogP contribution >= 0.6 is 11.6 Å². The van der Waals surface area contributed by atoms with Crippen molar-refractivity contribution in [1.82, 2.24) is 9.88 Å². The number of rotatable bonds is 7. The van der Waals surface area contributed by atoms with Crippen LogP contribution in [0.4, 0.5) is 5.82 Å². The third-order valence-corrected chi connectivity index (χ3v) is 2.71. The van der Waals surface area contributed by atoms with Crippen LogP contribution in [0.2, 0.25) is 5.15 Å². The molecule has 0 atom stereocenters. The second-order valence-corrected chi connectivity index (χ2v) is 4.40. The van der Waals surface area contributed by atoms with E-state index in [2.05, 4.69) is 10.3 Å². The van der Waals surface area contributed by atoms with Crippen molar-refractivity contribution in [2.75, 3.05) is 38.7 Å². The number of ether oxygens (including phenoxy) is 1. The van der Waals surface area contributed by atoms with E-state index in [9.17, 15) is 4.79 Å². The van der Waals surface area contributed by atoms with E-state index in [4.69, 9.17) is 16.3 Å². The third-order valence-electron chi connectivity index (χ3n) is 2.52. The summed E-state index contributed by atoms with van der Waals surface area (Å²) in [5.74, 6) is 0.514. The lowest BCUT2D eigenvalue weighted by Crippen LogP contribution is -2.30. The molecular weight excluding hydrogens is 266 g/mol. The molecule has 5 nitrogen and oxygen atoms in total. The molecule has 1 N–H and O–H groups in total. The number of nitrogens with one attached hydrogen (secondary N) is 1. The van der Waals surface area contributed by atoms with Crippen LogP contribution < -0.4 is 5.32 Å². The Morgan fingerprint density at radius 3 is 2.84 bits per heavy atom. The molecule has 0 unspecified atom stereocenters. The summed E-state index contributed by atoms with van der Waals surface area (Å²) >= 11 is 5.91. The first kappa shape index (κ1) is 15.7. The molecule has 1 rings (SSSR count). The maximum atomic E-state index is 12.2. The van der Waals surface area contributed by atoms with E-state index < -0.39 is 0 Å². The van der Waals surface area contributed by atoms with Crippen molar-refractivity contribution >= 4 is 23.3 Å². The average molecular weight is 286 g/mol. The molecule has 1 aromatic rings. The SMILES string of the molecule is CCNc1cc(C(=O)N(C)CCOCC)cc(Cl)n1. The van der Waals surface area contributed by atoms with E-state index in [0.717, 1.165) is 6.54 Å². The molecule has 0 spiro atoms. The highest BCUT2D eigenvalue weighted by molar-refractivity contribution is 6.29. The fraction of sp³-hybridized carbons (Fsp3) is 0.538. The summed E-state index contributed by atoms with van der Waals surface area (Å²) in [6.07, 6.45) is 0. The molecule has 0 aliphatic heterocycles. The molecule has 0 saturated carbocycles. The van der Waals surface area contributed by atoms with Gasteiger partial charge >= 0.3 is 0 Å². The van der Waals surface area contributed by atoms with E-state index in [1.807, 2.05) is 13.8 Å². The Labute approximate surface area is 118 Å². The molecule has 19 heavy (non-hydrogen) atoms. The summed E-state index contributed by atoms with van der Waals surface area (Å²) in [6, 6.07) is 3.27. The van der Waals surface area contributed by atoms with Crippen LogP contribution in [-0.4, -0.2) is 49.1 Å². The Kier molecular flexibility index (Phi) is 6.59. The Hall–Kier alpha value is -1.33. The Morgan fingerprint density at radius 2 is 2.21 bits per heavy atom. The number of halogens is 1. The van der Waals surface area contributed by atoms with Crippen molar-refractivity contribution in [3.63, 3.8) is 0 Å². The monoisotopic (exact) mass is 285 g/mol. The first-order valence-corrected chi connectivity index (χ1v) is 6.71. The van der Waals surface area contributed by atoms with Gasteiger partial charge in [0.15, 0.2) is 0 Å². The summed E-state index contributed by atoms with van der Waals surface area (Å²) in [5.41, 5.74) is 0.523. The van der Waals surface area contributed by atoms with E-state index in [1.54, 1.807) is 24.1 Å². The van der Waals surface area contributed by atoms with Crippen LogP contribution in [0.25, 0.3) is 0 Å². The van der Waals surface area contributed by atoms with Crippen molar-refractivity contribution in [3.05, 3.63) is 22.8 Å². The molecule has 6 heteroatoms. The van der Waals surface area contributed by atoms with E-state index in [1.165, 1.54) is 0 Å². The van der Waals surface area contributed by atoms with Crippen LogP contribution in [0.5, 0.6) is 0 Å². The van der Waals surface area contributed by atoms with Crippen LogP contribution in [-0.2, 0) is 4.74 Å². The summed E-state index contributed by atoms with van der Waals surface area (Å²) in [5, 5.41) is 3.35. The lowest BCUT2D eigenvalue weighted by Gasteiger charge is -2.17. The van der Waals surface area contributed by atoms with Crippen molar-refractivity contribution in [2.24, 2.45) is 0 Å². The number of pyridine rings is 1. The van der Waals surface area contributed by atoms with Gasteiger partial charge in [-0.15, -0.1) is 0 Å². The van der Waals surface area contributed by atoms with Gasteiger partial charge in [0.2, 0.25) is 0 Å². The van der Waals surface area contributed by atoms with Gasteiger partial charge in [0.05, 0.1) is 6.61 Å². The Morgan fingerprint density at radius 1 is 1.47 bits per heavy atom. The summed E-state index contributed by atoms with van der Waals surface area (Å²) in [6.45, 7) is 6.32. The van der Waals surface area contributed by atoms with Gasteiger partial charge in [-0.3, -0.25) is 4.79 Å². The number of likely N-dealkylation sites (N-methyl/N-ethyl adjacent to an activating group) is 1. The van der Waals surface area contributed by atoms with Crippen molar-refractivity contribution in [2.45, 2.75) is 13.8 Å². The molecule has 0 bridgehead atoms. The van der Waals surface area contributed by atoms with Crippen LogP contribution in [0.15, 0.2) is 12.1 Å². The lowest BCUT2D eigenvalue weighted by molar-refractivity contribution is 0.0710. The molecular formula is C13H20ClN3O2. The highest BCUT2D eigenvalue weighted by atomic mass is 35.5. The number of aromatic nitrogens is 1. The molecule has 0 saturated heterocycles. The number of nitrogens with zero attached hydrogens (tertiary/aromatic N) is 2. The minimum Gasteiger partial charge on any atom is -0.380 e. The summed E-state index contributed by atoms with van der Waals surface area (Å²) in [4.78, 5) is 17.9. The van der Waals surface area contributed by atoms with Crippen LogP contribution in [0.1, 0.15) is 24.2 Å². The number of carbonyl (C=O) groups is 1. The average Bonchev–Trinajstić information content (AvgIpc) is 2.37. The molecule has 1 amide bonds. The van der Waals surface area contributed by atoms with Crippen LogP contribution in [0.3, 0.4) is 0 Å². The van der Waals surface area contributed by atoms with E-state index in [-0.39, 0.29) is 5.91 Å². The standard InChI is InChI=1S/C13H20ClN3O2/c1-4-15-12-9-10(8-11(14)16-12)13(18)17(3)6-7-19-5-2/h8-9H,4-7H2,1-3H3,(H,15,16). The normalized spacial score (nSPS) is 10.3. The van der Waals surface area contributed by atoms with E-state index >= 15 is 0 Å². The maximum absolute atomic E-state index is 12.2. The summed E-state index contributed by atoms with van der Waals surface area (Å²) in [7, 11) is 1.74. The zero-order valence-corrected chi connectivity index (χ0v) is 12.3. The van der Waals surface area contributed by atoms with Gasteiger partial charge in [-0.2, -0.15) is 0 Å². The second kappa shape index (κ2) is 7.96. The van der Waals surface area contributed by atoms with Crippen LogP contribution in [0, 0.1) is 0 Å². The number of carbonyl (C=O) groups excluding carboxylic acids is 1. The Balaban J connectivity index is 2.74. The number of amides is 1. The van der Waals surface area contributed by atoms with Gasteiger partial charge in [0.1, 0.15) is 11.0 Å². The first-order chi connectivity index (χ1) is 9.08. The maximum Gasteiger partial charge on any atom is 0.253 e. The van der Waals surface area contributed by atoms with Gasteiger partial charge in [0.25, 0.3) is 5.91 Å². The fourth-order valence-electron chi connectivity index (χ4n) is 1.56. The van der Waals surface area contributed by atoms with Gasteiger partial charge in [-0.25, -0.2) is 4.98 Å². The predicted octanol–water partition coefficient (Wildman–Crippen LogP) is 2.28. The highest BCUT2D eigenvalue weighted by Crippen LogP contribution is 2.15. The lowest BCUT2D eigenvalue weighted by atomic mass is 10.2. The zero-order chi connectivity index (χ0) is 14.3. The number of anilines is 1. The van der Waals surface area contributed by atoms with Gasteiger partial charge in [-0.05, 0) is 26.0 Å².